The zero-order valence-electron chi connectivity index (χ0n) is 11.2. The first kappa shape index (κ1) is 12.4. The number of carbonyl (C=O) groups excluding carboxylic acids is 1. The molecule has 4 nitrogen and oxygen atoms in total. The zero-order chi connectivity index (χ0) is 13.2. The molecule has 0 amide bonds. The van der Waals surface area contributed by atoms with Crippen LogP contribution in [0.3, 0.4) is 0 Å². The van der Waals surface area contributed by atoms with Crippen molar-refractivity contribution < 1.29 is 4.79 Å². The second-order valence-corrected chi connectivity index (χ2v) is 5.22. The van der Waals surface area contributed by atoms with E-state index in [4.69, 9.17) is 0 Å². The number of imidazole rings is 1. The van der Waals surface area contributed by atoms with Crippen molar-refractivity contribution in [3.8, 4) is 0 Å². The second kappa shape index (κ2) is 5.13. The summed E-state index contributed by atoms with van der Waals surface area (Å²) in [6.45, 7) is 5.56. The Hall–Kier alpha value is -1.68. The van der Waals surface area contributed by atoms with Gasteiger partial charge in [-0.15, -0.1) is 0 Å². The van der Waals surface area contributed by atoms with Crippen LogP contribution in [0.1, 0.15) is 41.9 Å². The largest absolute Gasteiger partial charge is 0.303 e. The molecule has 100 valence electrons. The minimum Gasteiger partial charge on any atom is -0.303 e. The molecule has 19 heavy (non-hydrogen) atoms. The Morgan fingerprint density at radius 3 is 3.16 bits per heavy atom. The number of likely N-dealkylation sites (N-methyl/N-ethyl adjacent to an activating group) is 1. The highest BCUT2D eigenvalue weighted by atomic mass is 16.1. The molecule has 1 aliphatic rings. The number of hydrogen-bond acceptors (Lipinski definition) is 3. The van der Waals surface area contributed by atoms with Crippen molar-refractivity contribution in [3.63, 3.8) is 0 Å². The number of aromatic nitrogens is 2. The highest BCUT2D eigenvalue weighted by molar-refractivity contribution is 5.75. The van der Waals surface area contributed by atoms with Crippen LogP contribution in [0, 0.1) is 0 Å². The molecule has 1 fully saturated rings. The van der Waals surface area contributed by atoms with E-state index in [1.807, 2.05) is 24.5 Å². The van der Waals surface area contributed by atoms with E-state index in [1.54, 1.807) is 0 Å². The molecular weight excluding hydrogens is 238 g/mol. The van der Waals surface area contributed by atoms with E-state index in [9.17, 15) is 4.79 Å². The molecule has 0 radical (unpaired) electrons. The summed E-state index contributed by atoms with van der Waals surface area (Å²) in [6, 6.07) is 3.80. The number of piperidine rings is 1. The maximum atomic E-state index is 10.9. The van der Waals surface area contributed by atoms with Gasteiger partial charge in [-0.05, 0) is 38.1 Å². The molecule has 1 aliphatic heterocycles. The number of rotatable bonds is 3. The molecule has 1 unspecified atom stereocenters. The lowest BCUT2D eigenvalue weighted by Crippen LogP contribution is -2.34. The summed E-state index contributed by atoms with van der Waals surface area (Å²) in [7, 11) is 0. The first-order valence-electron chi connectivity index (χ1n) is 6.96. The second-order valence-electron chi connectivity index (χ2n) is 5.22. The maximum absolute atomic E-state index is 10.9. The van der Waals surface area contributed by atoms with Crippen molar-refractivity contribution in [1.29, 1.82) is 0 Å². The number of fused-ring (bicyclic) bond motifs is 1. The van der Waals surface area contributed by atoms with Crippen LogP contribution in [0.5, 0.6) is 0 Å². The molecule has 0 spiro atoms. The standard InChI is InChI=1S/C15H19N3O/c1-2-17-7-3-4-13(10-17)15-16-8-14-6-5-12(11-19)9-18(14)15/h5-6,8-9,11,13H,2-4,7,10H2,1H3. The van der Waals surface area contributed by atoms with Crippen molar-refractivity contribution in [1.82, 2.24) is 14.3 Å². The van der Waals surface area contributed by atoms with Crippen molar-refractivity contribution in [3.05, 3.63) is 35.9 Å². The molecule has 2 aromatic rings. The van der Waals surface area contributed by atoms with Crippen LogP contribution in [-0.2, 0) is 0 Å². The lowest BCUT2D eigenvalue weighted by Gasteiger charge is -2.31. The van der Waals surface area contributed by atoms with Crippen LogP contribution < -0.4 is 0 Å². The van der Waals surface area contributed by atoms with Crippen molar-refractivity contribution in [2.45, 2.75) is 25.7 Å². The topological polar surface area (TPSA) is 37.6 Å². The van der Waals surface area contributed by atoms with E-state index in [1.165, 1.54) is 19.4 Å². The highest BCUT2D eigenvalue weighted by Gasteiger charge is 2.23. The van der Waals surface area contributed by atoms with Gasteiger partial charge in [0.1, 0.15) is 5.82 Å². The highest BCUT2D eigenvalue weighted by Crippen LogP contribution is 2.26. The van der Waals surface area contributed by atoms with Gasteiger partial charge in [0.05, 0.1) is 11.7 Å². The van der Waals surface area contributed by atoms with Crippen LogP contribution >= 0.6 is 0 Å². The number of likely N-dealkylation sites (tertiary alicyclic amines) is 1. The predicted molar refractivity (Wildman–Crippen MR) is 74.7 cm³/mol. The van der Waals surface area contributed by atoms with Crippen LogP contribution in [0.2, 0.25) is 0 Å². The van der Waals surface area contributed by atoms with Gasteiger partial charge >= 0.3 is 0 Å². The Bertz CT molecular complexity index is 590. The van der Waals surface area contributed by atoms with Gasteiger partial charge in [-0.1, -0.05) is 6.92 Å². The summed E-state index contributed by atoms with van der Waals surface area (Å²) < 4.78 is 2.08. The Kier molecular flexibility index (Phi) is 3.34. The Morgan fingerprint density at radius 1 is 1.47 bits per heavy atom. The third kappa shape index (κ3) is 2.28. The van der Waals surface area contributed by atoms with Crippen molar-refractivity contribution >= 4 is 11.8 Å². The number of nitrogens with zero attached hydrogens (tertiary/aromatic N) is 3. The fraction of sp³-hybridized carbons (Fsp3) is 0.467. The fourth-order valence-corrected chi connectivity index (χ4v) is 2.95. The summed E-state index contributed by atoms with van der Waals surface area (Å²) in [5.74, 6) is 1.56. The van der Waals surface area contributed by atoms with E-state index < -0.39 is 0 Å². The molecule has 0 aliphatic carbocycles. The van der Waals surface area contributed by atoms with Gasteiger partial charge in [0.2, 0.25) is 0 Å². The quantitative estimate of drug-likeness (QED) is 0.792. The smallest absolute Gasteiger partial charge is 0.151 e. The summed E-state index contributed by atoms with van der Waals surface area (Å²) in [5, 5.41) is 0. The SMILES string of the molecule is CCN1CCCC(c2ncc3ccc(C=O)cn23)C1. The minimum atomic E-state index is 0.470. The van der Waals surface area contributed by atoms with Gasteiger partial charge in [-0.25, -0.2) is 4.98 Å². The number of pyridine rings is 1. The van der Waals surface area contributed by atoms with Gasteiger partial charge in [0.25, 0.3) is 0 Å². The molecule has 0 bridgehead atoms. The lowest BCUT2D eigenvalue weighted by atomic mass is 9.97. The van der Waals surface area contributed by atoms with Gasteiger partial charge in [0.15, 0.2) is 6.29 Å². The third-order valence-corrected chi connectivity index (χ3v) is 4.03. The van der Waals surface area contributed by atoms with Crippen LogP contribution in [0.4, 0.5) is 0 Å². The van der Waals surface area contributed by atoms with Gasteiger partial charge in [-0.3, -0.25) is 4.79 Å². The van der Waals surface area contributed by atoms with E-state index in [0.29, 0.717) is 11.5 Å². The first-order valence-corrected chi connectivity index (χ1v) is 6.96. The molecule has 0 saturated carbocycles. The maximum Gasteiger partial charge on any atom is 0.151 e. The normalized spacial score (nSPS) is 20.8. The van der Waals surface area contributed by atoms with Crippen LogP contribution in [0.15, 0.2) is 24.5 Å². The van der Waals surface area contributed by atoms with E-state index >= 15 is 0 Å². The number of carbonyl (C=O) groups is 1. The molecule has 1 saturated heterocycles. The minimum absolute atomic E-state index is 0.470. The molecule has 4 heteroatoms. The number of aldehydes is 1. The van der Waals surface area contributed by atoms with Crippen LogP contribution in [-0.4, -0.2) is 40.2 Å². The van der Waals surface area contributed by atoms with E-state index in [2.05, 4.69) is 21.2 Å². The third-order valence-electron chi connectivity index (χ3n) is 4.03. The molecule has 3 rings (SSSR count). The van der Waals surface area contributed by atoms with Crippen molar-refractivity contribution in [2.24, 2.45) is 0 Å². The molecule has 2 aromatic heterocycles. The predicted octanol–water partition coefficient (Wildman–Crippen LogP) is 2.35. The summed E-state index contributed by atoms with van der Waals surface area (Å²) in [5.41, 5.74) is 1.77. The fourth-order valence-electron chi connectivity index (χ4n) is 2.95. The number of hydrogen-bond donors (Lipinski definition) is 0. The van der Waals surface area contributed by atoms with Gasteiger partial charge < -0.3 is 9.30 Å². The molecule has 0 N–H and O–H groups in total. The molecular formula is C15H19N3O. The van der Waals surface area contributed by atoms with Crippen molar-refractivity contribution in [2.75, 3.05) is 19.6 Å². The average Bonchev–Trinajstić information content (AvgIpc) is 2.90. The zero-order valence-corrected chi connectivity index (χ0v) is 11.2. The van der Waals surface area contributed by atoms with E-state index in [-0.39, 0.29) is 0 Å². The average molecular weight is 257 g/mol. The summed E-state index contributed by atoms with van der Waals surface area (Å²) in [4.78, 5) is 18.0. The first-order chi connectivity index (χ1) is 9.31. The lowest BCUT2D eigenvalue weighted by molar-refractivity contribution is 0.112. The summed E-state index contributed by atoms with van der Waals surface area (Å²) >= 11 is 0. The molecule has 3 heterocycles. The molecule has 1 atom stereocenters. The van der Waals surface area contributed by atoms with Gasteiger partial charge in [0, 0.05) is 24.2 Å². The Labute approximate surface area is 113 Å². The Morgan fingerprint density at radius 2 is 2.37 bits per heavy atom. The molecule has 0 aromatic carbocycles. The summed E-state index contributed by atoms with van der Waals surface area (Å²) in [6.07, 6.45) is 7.09. The monoisotopic (exact) mass is 257 g/mol. The van der Waals surface area contributed by atoms with E-state index in [0.717, 1.165) is 30.7 Å². The Balaban J connectivity index is 1.97. The van der Waals surface area contributed by atoms with Gasteiger partial charge in [-0.2, -0.15) is 0 Å². The van der Waals surface area contributed by atoms with Crippen LogP contribution in [0.25, 0.3) is 5.52 Å².